The van der Waals surface area contributed by atoms with Crippen LogP contribution in [0.5, 0.6) is 0 Å². The third-order valence-electron chi connectivity index (χ3n) is 15.7. The largest absolute Gasteiger partial charge is 0.311 e. The highest BCUT2D eigenvalue weighted by molar-refractivity contribution is 6.65. The van der Waals surface area contributed by atoms with E-state index in [2.05, 4.69) is 179 Å². The van der Waals surface area contributed by atoms with E-state index in [0.717, 1.165) is 25.7 Å². The summed E-state index contributed by atoms with van der Waals surface area (Å²) in [5, 5.41) is 0. The van der Waals surface area contributed by atoms with Gasteiger partial charge < -0.3 is 4.90 Å². The summed E-state index contributed by atoms with van der Waals surface area (Å²) in [6, 6.07) is 32.8. The number of aryl methyl sites for hydroxylation is 2. The number of hydrogen-bond acceptors (Lipinski definition) is 1. The van der Waals surface area contributed by atoms with Crippen LogP contribution in [0.3, 0.4) is 0 Å². The van der Waals surface area contributed by atoms with Gasteiger partial charge in [0.1, 0.15) is 0 Å². The Kier molecular flexibility index (Phi) is 9.81. The molecule has 4 aliphatic carbocycles. The molecule has 0 saturated carbocycles. The molecule has 1 unspecified atom stereocenters. The quantitative estimate of drug-likeness (QED) is 0.176. The van der Waals surface area contributed by atoms with Crippen molar-refractivity contribution in [2.45, 2.75) is 151 Å². The first kappa shape index (κ1) is 40.1. The minimum Gasteiger partial charge on any atom is -0.311 e. The molecule has 0 spiro atoms. The monoisotopic (exact) mass is 777 g/mol. The highest BCUT2D eigenvalue weighted by Gasteiger charge is 2.44. The predicted octanol–water partition coefficient (Wildman–Crippen LogP) is 15.2. The highest BCUT2D eigenvalue weighted by atomic mass is 15.2. The molecule has 0 N–H and O–H groups in total. The number of anilines is 2. The van der Waals surface area contributed by atoms with E-state index in [1.54, 1.807) is 27.9 Å². The molecule has 0 saturated heterocycles. The van der Waals surface area contributed by atoms with Crippen molar-refractivity contribution in [2.24, 2.45) is 10.8 Å². The third-order valence-corrected chi connectivity index (χ3v) is 15.7. The van der Waals surface area contributed by atoms with E-state index in [0.29, 0.717) is 5.92 Å². The van der Waals surface area contributed by atoms with Crippen LogP contribution < -0.4 is 10.4 Å². The predicted molar refractivity (Wildman–Crippen MR) is 255 cm³/mol. The van der Waals surface area contributed by atoms with Crippen molar-refractivity contribution in [2.75, 3.05) is 4.90 Å². The summed E-state index contributed by atoms with van der Waals surface area (Å²) in [6.07, 6.45) is 13.2. The van der Waals surface area contributed by atoms with Crippen molar-refractivity contribution in [1.82, 2.24) is 0 Å². The van der Waals surface area contributed by atoms with E-state index in [4.69, 9.17) is 0 Å². The van der Waals surface area contributed by atoms with Gasteiger partial charge in [-0.3, -0.25) is 0 Å². The molecule has 2 heteroatoms. The Hall–Kier alpha value is -4.30. The molecular weight excluding hydrogens is 709 g/mol. The fourth-order valence-electron chi connectivity index (χ4n) is 11.8. The van der Waals surface area contributed by atoms with E-state index in [1.165, 1.54) is 99.1 Å². The second-order valence-electron chi connectivity index (χ2n) is 21.5. The smallest absolute Gasteiger partial charge is 0.197 e. The maximum atomic E-state index is 2.78. The summed E-state index contributed by atoms with van der Waals surface area (Å²) in [7, 11) is 2.61. The summed E-state index contributed by atoms with van der Waals surface area (Å²) in [5.41, 5.74) is 25.5. The van der Waals surface area contributed by atoms with Crippen molar-refractivity contribution in [3.8, 4) is 11.1 Å². The summed E-state index contributed by atoms with van der Waals surface area (Å²) in [4.78, 5) is 2.78. The Bertz CT molecular complexity index is 2480. The van der Waals surface area contributed by atoms with Crippen molar-refractivity contribution in [1.29, 1.82) is 0 Å². The van der Waals surface area contributed by atoms with Crippen LogP contribution in [0.1, 0.15) is 154 Å². The Morgan fingerprint density at radius 3 is 2.02 bits per heavy atom. The van der Waals surface area contributed by atoms with Crippen LogP contribution in [-0.4, -0.2) is 7.28 Å². The molecule has 0 bridgehead atoms. The molecule has 4 aromatic carbocycles. The molecule has 0 amide bonds. The fourth-order valence-corrected chi connectivity index (χ4v) is 11.8. The number of rotatable bonds is 6. The molecule has 1 heterocycles. The number of allylic oxidation sites excluding steroid dienone is 7. The fraction of sp³-hybridized carbons (Fsp3) is 0.439. The van der Waals surface area contributed by atoms with Crippen molar-refractivity contribution >= 4 is 24.1 Å². The topological polar surface area (TPSA) is 3.24 Å². The zero-order valence-corrected chi connectivity index (χ0v) is 38.1. The lowest BCUT2D eigenvalue weighted by molar-refractivity contribution is 0.257. The van der Waals surface area contributed by atoms with Gasteiger partial charge in [0.15, 0.2) is 7.28 Å². The minimum atomic E-state index is 0.101. The van der Waals surface area contributed by atoms with E-state index in [-0.39, 0.29) is 21.7 Å². The lowest BCUT2D eigenvalue weighted by Crippen LogP contribution is -2.41. The van der Waals surface area contributed by atoms with Crippen LogP contribution in [0.15, 0.2) is 130 Å². The average molecular weight is 777 g/mol. The van der Waals surface area contributed by atoms with E-state index in [1.807, 2.05) is 0 Å². The molecule has 9 rings (SSSR count). The van der Waals surface area contributed by atoms with Crippen molar-refractivity contribution in [3.63, 3.8) is 0 Å². The zero-order valence-electron chi connectivity index (χ0n) is 38.1. The van der Waals surface area contributed by atoms with Gasteiger partial charge in [-0.1, -0.05) is 164 Å². The van der Waals surface area contributed by atoms with Gasteiger partial charge in [-0.25, -0.2) is 0 Å². The second kappa shape index (κ2) is 14.4. The Morgan fingerprint density at radius 2 is 1.31 bits per heavy atom. The van der Waals surface area contributed by atoms with Crippen LogP contribution in [-0.2, 0) is 10.8 Å². The summed E-state index contributed by atoms with van der Waals surface area (Å²) in [5.74, 6) is 0.306. The van der Waals surface area contributed by atoms with E-state index < -0.39 is 0 Å². The normalized spacial score (nSPS) is 22.5. The summed E-state index contributed by atoms with van der Waals surface area (Å²) >= 11 is 0. The second-order valence-corrected chi connectivity index (χ2v) is 21.5. The van der Waals surface area contributed by atoms with Crippen molar-refractivity contribution < 1.29 is 0 Å². The van der Waals surface area contributed by atoms with Gasteiger partial charge >= 0.3 is 0 Å². The van der Waals surface area contributed by atoms with Crippen LogP contribution >= 0.6 is 0 Å². The van der Waals surface area contributed by atoms with Gasteiger partial charge in [0.2, 0.25) is 0 Å². The van der Waals surface area contributed by atoms with Crippen LogP contribution in [0, 0.1) is 24.7 Å². The third kappa shape index (κ3) is 6.76. The number of fused-ring (bicyclic) bond motifs is 3. The standard InChI is InChI=1S/C57H67BN/c1-12-18-42-44(41-22-17-16-19-36(41)2)34-43(40-23-25-45-47(32-40)56(8,9)28-27-54(45,4)5)52-53(42)59(51-33-39(24-26-49(51)58-52)38-20-14-13-15-21-38)50-35-48-46(31-37(50)3)55(6,7)29-30-57(48,10)11/h13-17,19-22,24,26,31-33,35,44H,12,18,23,25,27-30,34H2,1-11H3. The number of hydrogen-bond donors (Lipinski definition) is 0. The zero-order chi connectivity index (χ0) is 41.6. The minimum absolute atomic E-state index is 0.101. The van der Waals surface area contributed by atoms with E-state index in [9.17, 15) is 0 Å². The summed E-state index contributed by atoms with van der Waals surface area (Å²) < 4.78 is 0. The van der Waals surface area contributed by atoms with Gasteiger partial charge in [-0.2, -0.15) is 0 Å². The molecule has 0 aromatic heterocycles. The van der Waals surface area contributed by atoms with E-state index >= 15 is 0 Å². The van der Waals surface area contributed by atoms with Crippen LogP contribution in [0.2, 0.25) is 0 Å². The van der Waals surface area contributed by atoms with Crippen LogP contribution in [0.25, 0.3) is 11.1 Å². The van der Waals surface area contributed by atoms with Gasteiger partial charge in [0.25, 0.3) is 0 Å². The maximum Gasteiger partial charge on any atom is 0.197 e. The Labute approximate surface area is 358 Å². The molecule has 5 aliphatic rings. The first-order valence-corrected chi connectivity index (χ1v) is 23.0. The SMILES string of the molecule is CCCC1=C2C(=C(C3=CC4=C(CC3)C(C)(C)CCC4(C)C)CC1c1ccccc1C)[B]c1ccc(-c3ccccc3)cc1N2c1cc2c(cc1C)C(C)(C)CCC2(C)C. The maximum absolute atomic E-state index is 2.78. The molecule has 59 heavy (non-hydrogen) atoms. The first-order valence-electron chi connectivity index (χ1n) is 23.0. The average Bonchev–Trinajstić information content (AvgIpc) is 3.21. The van der Waals surface area contributed by atoms with Gasteiger partial charge in [0, 0.05) is 23.0 Å². The van der Waals surface area contributed by atoms with Gasteiger partial charge in [-0.15, -0.1) is 0 Å². The summed E-state index contributed by atoms with van der Waals surface area (Å²) in [6.45, 7) is 27.0. The van der Waals surface area contributed by atoms with Gasteiger partial charge in [-0.05, 0) is 160 Å². The molecular formula is C57H67BN. The molecule has 1 atom stereocenters. The molecule has 1 nitrogen and oxygen atoms in total. The number of benzene rings is 4. The number of nitrogens with zero attached hydrogens (tertiary/aromatic N) is 1. The lowest BCUT2D eigenvalue weighted by atomic mass is 9.52. The Balaban J connectivity index is 1.37. The van der Waals surface area contributed by atoms with Crippen molar-refractivity contribution in [3.05, 3.63) is 158 Å². The molecule has 1 aliphatic heterocycles. The molecule has 1 radical (unpaired) electrons. The lowest BCUT2D eigenvalue weighted by Gasteiger charge is -2.47. The molecule has 4 aromatic rings. The van der Waals surface area contributed by atoms with Crippen LogP contribution in [0.4, 0.5) is 11.4 Å². The molecule has 0 fully saturated rings. The molecule has 303 valence electrons. The highest BCUT2D eigenvalue weighted by Crippen LogP contribution is 2.57. The van der Waals surface area contributed by atoms with Gasteiger partial charge in [0.05, 0.1) is 0 Å². The Morgan fingerprint density at radius 1 is 0.644 bits per heavy atom. The first-order chi connectivity index (χ1) is 28.0.